The number of fused-ring (bicyclic) bond motifs is 2. The van der Waals surface area contributed by atoms with Crippen molar-refractivity contribution in [3.63, 3.8) is 0 Å². The van der Waals surface area contributed by atoms with Crippen LogP contribution >= 0.6 is 0 Å². The second kappa shape index (κ2) is 5.55. The predicted molar refractivity (Wildman–Crippen MR) is 79.5 cm³/mol. The first-order valence-corrected chi connectivity index (χ1v) is 9.40. The highest BCUT2D eigenvalue weighted by atomic mass is 32.2. The van der Waals surface area contributed by atoms with E-state index in [0.29, 0.717) is 37.0 Å². The lowest BCUT2D eigenvalue weighted by Gasteiger charge is -2.36. The van der Waals surface area contributed by atoms with Gasteiger partial charge in [-0.1, -0.05) is 13.8 Å². The van der Waals surface area contributed by atoms with Gasteiger partial charge in [0, 0.05) is 31.2 Å². The summed E-state index contributed by atoms with van der Waals surface area (Å²) in [6.45, 7) is 5.61. The summed E-state index contributed by atoms with van der Waals surface area (Å²) in [5, 5.41) is 3.55. The van der Waals surface area contributed by atoms with E-state index in [0.717, 1.165) is 19.3 Å². The molecule has 2 bridgehead atoms. The zero-order chi connectivity index (χ0) is 14.3. The largest absolute Gasteiger partial charge is 0.311 e. The molecule has 0 aromatic carbocycles. The second-order valence-electron chi connectivity index (χ2n) is 7.19. The molecule has 6 heteroatoms. The number of nitrogens with zero attached hydrogens (tertiary/aromatic N) is 1. The first kappa shape index (κ1) is 14.8. The van der Waals surface area contributed by atoms with E-state index in [9.17, 15) is 8.42 Å². The third-order valence-corrected chi connectivity index (χ3v) is 6.57. The maximum atomic E-state index is 12.6. The normalized spacial score (nSPS) is 42.8. The van der Waals surface area contributed by atoms with Gasteiger partial charge in [-0.05, 0) is 43.9 Å². The van der Waals surface area contributed by atoms with Crippen LogP contribution in [-0.4, -0.2) is 43.9 Å². The number of nitrogens with one attached hydrogen (secondary N) is 2. The fourth-order valence-electron chi connectivity index (χ4n) is 4.24. The molecular formula is C14H27N3O2S. The molecule has 116 valence electrons. The van der Waals surface area contributed by atoms with Gasteiger partial charge in [-0.15, -0.1) is 0 Å². The zero-order valence-electron chi connectivity index (χ0n) is 12.5. The lowest BCUT2D eigenvalue weighted by molar-refractivity contribution is 0.218. The Labute approximate surface area is 122 Å². The van der Waals surface area contributed by atoms with E-state index in [4.69, 9.17) is 0 Å². The standard InChI is InChI=1S/C14H27N3O2S/c1-10-5-11(2)9-17(8-10)20(18,19)16-14-6-12-3-4-13(7-14)15-12/h10-16H,3-9H2,1-2H3. The molecule has 0 spiro atoms. The fourth-order valence-corrected chi connectivity index (χ4v) is 5.90. The molecule has 2 N–H and O–H groups in total. The lowest BCUT2D eigenvalue weighted by atomic mass is 9.94. The highest BCUT2D eigenvalue weighted by molar-refractivity contribution is 7.87. The Balaban J connectivity index is 1.63. The average Bonchev–Trinajstić information content (AvgIpc) is 2.67. The van der Waals surface area contributed by atoms with Crippen LogP contribution < -0.4 is 10.0 Å². The van der Waals surface area contributed by atoms with Crippen LogP contribution in [0, 0.1) is 11.8 Å². The minimum atomic E-state index is -3.31. The Morgan fingerprint density at radius 3 is 2.10 bits per heavy atom. The van der Waals surface area contributed by atoms with Crippen LogP contribution in [0.25, 0.3) is 0 Å². The highest BCUT2D eigenvalue weighted by Gasteiger charge is 2.37. The molecule has 3 fully saturated rings. The Hall–Kier alpha value is -0.170. The number of piperidine rings is 2. The molecule has 4 atom stereocenters. The molecule has 4 unspecified atom stereocenters. The van der Waals surface area contributed by atoms with Crippen molar-refractivity contribution in [1.82, 2.24) is 14.3 Å². The summed E-state index contributed by atoms with van der Waals surface area (Å²) in [5.74, 6) is 0.916. The van der Waals surface area contributed by atoms with Gasteiger partial charge in [0.05, 0.1) is 0 Å². The Morgan fingerprint density at radius 1 is 1.00 bits per heavy atom. The molecule has 20 heavy (non-hydrogen) atoms. The molecule has 0 aromatic rings. The average molecular weight is 301 g/mol. The summed E-state index contributed by atoms with van der Waals surface area (Å²) >= 11 is 0. The molecule has 0 amide bonds. The Morgan fingerprint density at radius 2 is 1.55 bits per heavy atom. The minimum Gasteiger partial charge on any atom is -0.311 e. The molecule has 3 heterocycles. The quantitative estimate of drug-likeness (QED) is 0.820. The maximum Gasteiger partial charge on any atom is 0.279 e. The zero-order valence-corrected chi connectivity index (χ0v) is 13.3. The van der Waals surface area contributed by atoms with E-state index in [2.05, 4.69) is 23.9 Å². The highest BCUT2D eigenvalue weighted by Crippen LogP contribution is 2.28. The molecule has 5 nitrogen and oxygen atoms in total. The van der Waals surface area contributed by atoms with Gasteiger partial charge < -0.3 is 5.32 Å². The van der Waals surface area contributed by atoms with E-state index in [1.807, 2.05) is 0 Å². The van der Waals surface area contributed by atoms with Gasteiger partial charge >= 0.3 is 0 Å². The van der Waals surface area contributed by atoms with Crippen molar-refractivity contribution in [2.45, 2.75) is 64.1 Å². The van der Waals surface area contributed by atoms with Crippen molar-refractivity contribution in [2.75, 3.05) is 13.1 Å². The van der Waals surface area contributed by atoms with Crippen LogP contribution in [0.4, 0.5) is 0 Å². The van der Waals surface area contributed by atoms with Gasteiger partial charge in [0.15, 0.2) is 0 Å². The van der Waals surface area contributed by atoms with Crippen molar-refractivity contribution in [1.29, 1.82) is 0 Å². The van der Waals surface area contributed by atoms with Gasteiger partial charge in [-0.25, -0.2) is 0 Å². The summed E-state index contributed by atoms with van der Waals surface area (Å²) in [7, 11) is -3.31. The summed E-state index contributed by atoms with van der Waals surface area (Å²) in [6, 6.07) is 1.15. The first-order valence-electron chi connectivity index (χ1n) is 7.96. The lowest BCUT2D eigenvalue weighted by Crippen LogP contribution is -2.54. The van der Waals surface area contributed by atoms with Crippen LogP contribution in [0.3, 0.4) is 0 Å². The summed E-state index contributed by atoms with van der Waals surface area (Å²) in [6.07, 6.45) is 5.40. The Bertz CT molecular complexity index is 431. The molecule has 3 saturated heterocycles. The van der Waals surface area contributed by atoms with E-state index in [-0.39, 0.29) is 6.04 Å². The van der Waals surface area contributed by atoms with E-state index in [1.165, 1.54) is 12.8 Å². The molecule has 0 saturated carbocycles. The number of hydrogen-bond acceptors (Lipinski definition) is 3. The van der Waals surface area contributed by atoms with E-state index >= 15 is 0 Å². The minimum absolute atomic E-state index is 0.117. The van der Waals surface area contributed by atoms with Gasteiger partial charge in [-0.3, -0.25) is 0 Å². The van der Waals surface area contributed by atoms with Crippen LogP contribution in [0.15, 0.2) is 0 Å². The van der Waals surface area contributed by atoms with Gasteiger partial charge in [0.25, 0.3) is 10.2 Å². The monoisotopic (exact) mass is 301 g/mol. The number of rotatable bonds is 3. The van der Waals surface area contributed by atoms with E-state index in [1.54, 1.807) is 4.31 Å². The third-order valence-electron chi connectivity index (χ3n) is 4.96. The SMILES string of the molecule is CC1CC(C)CN(S(=O)(=O)NC2CC3CCC(C2)N3)C1. The summed E-state index contributed by atoms with van der Waals surface area (Å²) in [5.41, 5.74) is 0. The van der Waals surface area contributed by atoms with Crippen LogP contribution in [0.1, 0.15) is 46.0 Å². The third kappa shape index (κ3) is 3.18. The molecule has 3 aliphatic heterocycles. The van der Waals surface area contributed by atoms with Gasteiger partial charge in [-0.2, -0.15) is 17.4 Å². The van der Waals surface area contributed by atoms with Crippen molar-refractivity contribution in [2.24, 2.45) is 11.8 Å². The number of hydrogen-bond donors (Lipinski definition) is 2. The maximum absolute atomic E-state index is 12.6. The topological polar surface area (TPSA) is 61.4 Å². The van der Waals surface area contributed by atoms with Crippen molar-refractivity contribution in [3.05, 3.63) is 0 Å². The smallest absolute Gasteiger partial charge is 0.279 e. The van der Waals surface area contributed by atoms with Gasteiger partial charge in [0.1, 0.15) is 0 Å². The van der Waals surface area contributed by atoms with Crippen LogP contribution in [-0.2, 0) is 10.2 Å². The van der Waals surface area contributed by atoms with Crippen molar-refractivity contribution in [3.8, 4) is 0 Å². The molecule has 3 aliphatic rings. The van der Waals surface area contributed by atoms with Crippen LogP contribution in [0.2, 0.25) is 0 Å². The van der Waals surface area contributed by atoms with Crippen molar-refractivity contribution >= 4 is 10.2 Å². The molecule has 0 radical (unpaired) electrons. The second-order valence-corrected chi connectivity index (χ2v) is 8.89. The Kier molecular flexibility index (Phi) is 4.10. The van der Waals surface area contributed by atoms with Gasteiger partial charge in [0.2, 0.25) is 0 Å². The predicted octanol–water partition coefficient (Wildman–Crippen LogP) is 1.08. The summed E-state index contributed by atoms with van der Waals surface area (Å²) in [4.78, 5) is 0. The first-order chi connectivity index (χ1) is 9.42. The molecule has 0 aliphatic carbocycles. The van der Waals surface area contributed by atoms with E-state index < -0.39 is 10.2 Å². The molecule has 3 rings (SSSR count). The molecular weight excluding hydrogens is 274 g/mol. The fraction of sp³-hybridized carbons (Fsp3) is 1.00. The van der Waals surface area contributed by atoms with Crippen molar-refractivity contribution < 1.29 is 8.42 Å². The summed E-state index contributed by atoms with van der Waals surface area (Å²) < 4.78 is 29.8. The molecule has 0 aromatic heterocycles. The van der Waals surface area contributed by atoms with Crippen LogP contribution in [0.5, 0.6) is 0 Å².